The molecule has 35 heavy (non-hydrogen) atoms. The van der Waals surface area contributed by atoms with E-state index in [9.17, 15) is 13.2 Å². The molecule has 10 heteroatoms. The maximum atomic E-state index is 13.1. The minimum Gasteiger partial charge on any atom is -0.493 e. The molecule has 1 aromatic heterocycles. The Kier molecular flexibility index (Phi) is 7.74. The molecular formula is C25H22N2O5S3. The Morgan fingerprint density at radius 3 is 2.57 bits per heavy atom. The topological polar surface area (TPSA) is 85.3 Å². The summed E-state index contributed by atoms with van der Waals surface area (Å²) in [6.45, 7) is 4.16. The molecule has 4 rings (SSSR count). The number of carbonyl (C=O) groups excluding carboxylic acids is 1. The maximum absolute atomic E-state index is 13.1. The van der Waals surface area contributed by atoms with Gasteiger partial charge in [-0.05, 0) is 52.5 Å². The van der Waals surface area contributed by atoms with Gasteiger partial charge in [0, 0.05) is 6.54 Å². The quantitative estimate of drug-likeness (QED) is 0.282. The van der Waals surface area contributed by atoms with Crippen molar-refractivity contribution in [2.45, 2.75) is 10.8 Å². The maximum Gasteiger partial charge on any atom is 0.294 e. The van der Waals surface area contributed by atoms with Crippen LogP contribution in [-0.4, -0.2) is 38.0 Å². The van der Waals surface area contributed by atoms with Gasteiger partial charge in [-0.3, -0.25) is 9.69 Å². The molecule has 180 valence electrons. The summed E-state index contributed by atoms with van der Waals surface area (Å²) in [5.74, 6) is 0.738. The van der Waals surface area contributed by atoms with E-state index < -0.39 is 10.0 Å². The van der Waals surface area contributed by atoms with E-state index in [-0.39, 0.29) is 21.8 Å². The number of methoxy groups -OCH3 is 1. The van der Waals surface area contributed by atoms with Crippen molar-refractivity contribution in [2.24, 2.45) is 4.40 Å². The van der Waals surface area contributed by atoms with Gasteiger partial charge in [-0.1, -0.05) is 48.5 Å². The third kappa shape index (κ3) is 5.84. The summed E-state index contributed by atoms with van der Waals surface area (Å²) in [6, 6.07) is 18.2. The first kappa shape index (κ1) is 24.8. The van der Waals surface area contributed by atoms with Crippen molar-refractivity contribution in [3.63, 3.8) is 0 Å². The van der Waals surface area contributed by atoms with E-state index in [2.05, 4.69) is 11.0 Å². The number of sulfonamides is 1. The first-order valence-corrected chi connectivity index (χ1v) is 13.6. The van der Waals surface area contributed by atoms with Gasteiger partial charge in [0.2, 0.25) is 0 Å². The smallest absolute Gasteiger partial charge is 0.294 e. The number of benzene rings is 2. The van der Waals surface area contributed by atoms with Crippen molar-refractivity contribution < 1.29 is 22.7 Å². The van der Waals surface area contributed by atoms with E-state index in [0.29, 0.717) is 28.6 Å². The summed E-state index contributed by atoms with van der Waals surface area (Å²) < 4.78 is 40.8. The molecule has 1 amide bonds. The molecule has 0 atom stereocenters. The second kappa shape index (κ2) is 10.9. The number of hydrogen-bond acceptors (Lipinski definition) is 7. The Morgan fingerprint density at radius 2 is 1.89 bits per heavy atom. The Hall–Kier alpha value is -3.34. The molecule has 2 aromatic carbocycles. The van der Waals surface area contributed by atoms with Crippen LogP contribution in [0.2, 0.25) is 0 Å². The molecule has 0 spiro atoms. The van der Waals surface area contributed by atoms with E-state index >= 15 is 0 Å². The van der Waals surface area contributed by atoms with Gasteiger partial charge in [0.25, 0.3) is 15.9 Å². The number of thiophene rings is 1. The Balaban J connectivity index is 1.62. The number of rotatable bonds is 9. The summed E-state index contributed by atoms with van der Waals surface area (Å²) in [5, 5.41) is 1.75. The lowest BCUT2D eigenvalue weighted by molar-refractivity contribution is -0.121. The van der Waals surface area contributed by atoms with Crippen LogP contribution in [0.4, 0.5) is 0 Å². The van der Waals surface area contributed by atoms with Crippen LogP contribution < -0.4 is 9.47 Å². The van der Waals surface area contributed by atoms with Crippen LogP contribution in [0.3, 0.4) is 0 Å². The molecule has 1 aliphatic heterocycles. The van der Waals surface area contributed by atoms with Crippen molar-refractivity contribution in [1.82, 2.24) is 4.90 Å². The molecule has 3 aromatic rings. The number of ether oxygens (including phenoxy) is 2. The zero-order valence-corrected chi connectivity index (χ0v) is 21.2. The first-order valence-electron chi connectivity index (χ1n) is 10.5. The number of nitrogens with zero attached hydrogens (tertiary/aromatic N) is 2. The highest BCUT2D eigenvalue weighted by Crippen LogP contribution is 2.36. The van der Waals surface area contributed by atoms with Crippen LogP contribution in [0.5, 0.6) is 11.5 Å². The van der Waals surface area contributed by atoms with Gasteiger partial charge in [0.1, 0.15) is 10.8 Å². The van der Waals surface area contributed by atoms with Crippen LogP contribution in [0, 0.1) is 0 Å². The fraction of sp³-hybridized carbons (Fsp3) is 0.120. The number of thioether (sulfide) groups is 1. The van der Waals surface area contributed by atoms with Gasteiger partial charge in [0.05, 0.1) is 12.0 Å². The standard InChI is InChI=1S/C25H22N2O5S3/c1-3-13-27-24(28)22(34-25(27)26-35(29,30)23-10-7-14-33-23)16-19-11-12-20(31-2)21(15-19)32-17-18-8-5-4-6-9-18/h3-12,14-16H,1,13,17H2,2H3/b22-16-,26-25+. The van der Waals surface area contributed by atoms with Crippen LogP contribution in [0.1, 0.15) is 11.1 Å². The van der Waals surface area contributed by atoms with Gasteiger partial charge < -0.3 is 9.47 Å². The molecule has 0 N–H and O–H groups in total. The molecule has 0 aliphatic carbocycles. The molecule has 0 radical (unpaired) electrons. The molecule has 1 fully saturated rings. The third-order valence-electron chi connectivity index (χ3n) is 4.87. The lowest BCUT2D eigenvalue weighted by Gasteiger charge is -2.12. The first-order chi connectivity index (χ1) is 16.9. The molecule has 0 bridgehead atoms. The van der Waals surface area contributed by atoms with Crippen molar-refractivity contribution in [2.75, 3.05) is 13.7 Å². The molecule has 1 saturated heterocycles. The Bertz CT molecular complexity index is 1380. The average molecular weight is 527 g/mol. The predicted octanol–water partition coefficient (Wildman–Crippen LogP) is 5.18. The zero-order valence-electron chi connectivity index (χ0n) is 18.8. The fourth-order valence-electron chi connectivity index (χ4n) is 3.21. The summed E-state index contributed by atoms with van der Waals surface area (Å²) in [4.78, 5) is 14.7. The van der Waals surface area contributed by atoms with Gasteiger partial charge in [0.15, 0.2) is 16.7 Å². The highest BCUT2D eigenvalue weighted by atomic mass is 32.2. The van der Waals surface area contributed by atoms with Crippen molar-refractivity contribution in [1.29, 1.82) is 0 Å². The lowest BCUT2D eigenvalue weighted by Crippen LogP contribution is -2.29. The average Bonchev–Trinajstić information content (AvgIpc) is 3.50. The predicted molar refractivity (Wildman–Crippen MR) is 140 cm³/mol. The van der Waals surface area contributed by atoms with Crippen LogP contribution >= 0.6 is 23.1 Å². The summed E-state index contributed by atoms with van der Waals surface area (Å²) in [5.41, 5.74) is 1.71. The third-order valence-corrected chi connectivity index (χ3v) is 8.63. The van der Waals surface area contributed by atoms with Gasteiger partial charge in [-0.15, -0.1) is 22.3 Å². The van der Waals surface area contributed by atoms with Crippen molar-refractivity contribution >= 4 is 50.3 Å². The summed E-state index contributed by atoms with van der Waals surface area (Å²) in [6.07, 6.45) is 3.20. The van der Waals surface area contributed by atoms with Gasteiger partial charge in [-0.25, -0.2) is 0 Å². The second-order valence-electron chi connectivity index (χ2n) is 7.28. The molecule has 2 heterocycles. The zero-order chi connectivity index (χ0) is 24.8. The summed E-state index contributed by atoms with van der Waals surface area (Å²) >= 11 is 2.08. The van der Waals surface area contributed by atoms with Crippen molar-refractivity contribution in [3.05, 3.63) is 94.7 Å². The van der Waals surface area contributed by atoms with E-state index in [0.717, 1.165) is 28.7 Å². The van der Waals surface area contributed by atoms with E-state index in [1.54, 1.807) is 42.8 Å². The minimum absolute atomic E-state index is 0.0867. The largest absolute Gasteiger partial charge is 0.493 e. The molecular weight excluding hydrogens is 504 g/mol. The van der Waals surface area contributed by atoms with E-state index in [1.165, 1.54) is 17.0 Å². The number of hydrogen-bond donors (Lipinski definition) is 0. The van der Waals surface area contributed by atoms with Crippen LogP contribution in [-0.2, 0) is 21.4 Å². The second-order valence-corrected chi connectivity index (χ2v) is 11.1. The number of amides is 1. The molecule has 7 nitrogen and oxygen atoms in total. The number of amidine groups is 1. The minimum atomic E-state index is -3.93. The highest BCUT2D eigenvalue weighted by molar-refractivity contribution is 8.19. The van der Waals surface area contributed by atoms with E-state index in [4.69, 9.17) is 9.47 Å². The van der Waals surface area contributed by atoms with E-state index in [1.807, 2.05) is 30.3 Å². The molecule has 0 unspecified atom stereocenters. The van der Waals surface area contributed by atoms with Crippen LogP contribution in [0.15, 0.2) is 92.2 Å². The number of carbonyl (C=O) groups is 1. The Labute approximate surface area is 212 Å². The summed E-state index contributed by atoms with van der Waals surface area (Å²) in [7, 11) is -2.37. The molecule has 1 aliphatic rings. The lowest BCUT2D eigenvalue weighted by atomic mass is 10.1. The fourth-order valence-corrected chi connectivity index (χ4v) is 6.37. The van der Waals surface area contributed by atoms with Crippen molar-refractivity contribution in [3.8, 4) is 11.5 Å². The van der Waals surface area contributed by atoms with Gasteiger partial charge >= 0.3 is 0 Å². The van der Waals surface area contributed by atoms with Crippen LogP contribution in [0.25, 0.3) is 6.08 Å². The highest BCUT2D eigenvalue weighted by Gasteiger charge is 2.34. The monoisotopic (exact) mass is 526 g/mol. The van der Waals surface area contributed by atoms with Gasteiger partial charge in [-0.2, -0.15) is 8.42 Å². The SMILES string of the molecule is C=CCN1C(=O)/C(=C/c2ccc(OC)c(OCc3ccccc3)c2)S/C1=N/S(=O)(=O)c1cccs1. The molecule has 0 saturated carbocycles. The Morgan fingerprint density at radius 1 is 1.09 bits per heavy atom. The normalized spacial score (nSPS) is 16.1.